The highest BCUT2D eigenvalue weighted by molar-refractivity contribution is 6.30. The third-order valence-electron chi connectivity index (χ3n) is 5.10. The Morgan fingerprint density at radius 3 is 2.86 bits per heavy atom. The van der Waals surface area contributed by atoms with E-state index in [1.165, 1.54) is 18.4 Å². The normalized spacial score (nSPS) is 27.8. The maximum atomic E-state index is 9.96. The summed E-state index contributed by atoms with van der Waals surface area (Å²) in [6, 6.07) is 8.40. The lowest BCUT2D eigenvalue weighted by Gasteiger charge is -2.42. The van der Waals surface area contributed by atoms with Crippen molar-refractivity contribution in [3.63, 3.8) is 0 Å². The van der Waals surface area contributed by atoms with Crippen LogP contribution in [0.4, 0.5) is 0 Å². The van der Waals surface area contributed by atoms with Gasteiger partial charge in [0.05, 0.1) is 0 Å². The monoisotopic (exact) mass is 309 g/mol. The minimum atomic E-state index is 0.0687. The first kappa shape index (κ1) is 16.8. The van der Waals surface area contributed by atoms with Crippen LogP contribution in [0.5, 0.6) is 0 Å². The molecular weight excluding hydrogens is 282 g/mol. The zero-order valence-electron chi connectivity index (χ0n) is 13.5. The summed E-state index contributed by atoms with van der Waals surface area (Å²) in [5.74, 6) is 0.723. The van der Waals surface area contributed by atoms with Gasteiger partial charge in [0, 0.05) is 29.6 Å². The number of hydrogen-bond acceptors (Lipinski definition) is 2. The van der Waals surface area contributed by atoms with Crippen LogP contribution in [0.25, 0.3) is 0 Å². The number of nitrogens with zero attached hydrogens (tertiary/aromatic N) is 1. The quantitative estimate of drug-likeness (QED) is 0.864. The van der Waals surface area contributed by atoms with Crippen molar-refractivity contribution in [2.75, 3.05) is 20.2 Å². The molecule has 0 aliphatic heterocycles. The Morgan fingerprint density at radius 1 is 1.48 bits per heavy atom. The number of hydrogen-bond donors (Lipinski definition) is 1. The summed E-state index contributed by atoms with van der Waals surface area (Å²) >= 11 is 6.10. The Morgan fingerprint density at radius 2 is 2.24 bits per heavy atom. The van der Waals surface area contributed by atoms with Crippen LogP contribution in [0.15, 0.2) is 24.3 Å². The maximum absolute atomic E-state index is 9.96. The number of rotatable bonds is 5. The third kappa shape index (κ3) is 4.21. The highest BCUT2D eigenvalue weighted by atomic mass is 35.5. The van der Waals surface area contributed by atoms with Crippen molar-refractivity contribution < 1.29 is 5.11 Å². The lowest BCUT2D eigenvalue weighted by Crippen LogP contribution is -2.42. The first-order valence-electron chi connectivity index (χ1n) is 8.02. The van der Waals surface area contributed by atoms with E-state index in [1.807, 2.05) is 18.2 Å². The van der Waals surface area contributed by atoms with E-state index < -0.39 is 0 Å². The molecule has 2 nitrogen and oxygen atoms in total. The van der Waals surface area contributed by atoms with Gasteiger partial charge in [-0.3, -0.25) is 4.90 Å². The van der Waals surface area contributed by atoms with Crippen LogP contribution in [0.3, 0.4) is 0 Å². The van der Waals surface area contributed by atoms with Crippen molar-refractivity contribution in [2.24, 2.45) is 11.3 Å². The van der Waals surface area contributed by atoms with Crippen LogP contribution in [-0.4, -0.2) is 30.2 Å². The summed E-state index contributed by atoms with van der Waals surface area (Å²) in [5.41, 5.74) is 1.31. The van der Waals surface area contributed by atoms with Crippen LogP contribution < -0.4 is 0 Å². The molecule has 3 heteroatoms. The van der Waals surface area contributed by atoms with Gasteiger partial charge in [-0.1, -0.05) is 43.5 Å². The lowest BCUT2D eigenvalue weighted by atomic mass is 9.70. The van der Waals surface area contributed by atoms with E-state index in [0.717, 1.165) is 30.3 Å². The van der Waals surface area contributed by atoms with Gasteiger partial charge in [0.2, 0.25) is 0 Å². The third-order valence-corrected chi connectivity index (χ3v) is 5.33. The minimum Gasteiger partial charge on any atom is -0.396 e. The maximum Gasteiger partial charge on any atom is 0.0499 e. The topological polar surface area (TPSA) is 23.5 Å². The van der Waals surface area contributed by atoms with Gasteiger partial charge < -0.3 is 5.11 Å². The molecule has 0 saturated heterocycles. The average Bonchev–Trinajstić information content (AvgIpc) is 2.46. The van der Waals surface area contributed by atoms with Crippen LogP contribution in [0, 0.1) is 11.3 Å². The molecule has 1 aromatic carbocycles. The summed E-state index contributed by atoms with van der Waals surface area (Å²) in [4.78, 5) is 2.36. The van der Waals surface area contributed by atoms with Gasteiger partial charge in [0.15, 0.2) is 0 Å². The first-order chi connectivity index (χ1) is 9.96. The van der Waals surface area contributed by atoms with Crippen molar-refractivity contribution in [3.05, 3.63) is 34.9 Å². The van der Waals surface area contributed by atoms with Gasteiger partial charge in [0.1, 0.15) is 0 Å². The summed E-state index contributed by atoms with van der Waals surface area (Å²) < 4.78 is 0. The van der Waals surface area contributed by atoms with Crippen molar-refractivity contribution in [2.45, 2.75) is 45.6 Å². The Hall–Kier alpha value is -0.570. The van der Waals surface area contributed by atoms with Gasteiger partial charge in [-0.05, 0) is 50.4 Å². The molecule has 0 heterocycles. The molecule has 1 aliphatic rings. The van der Waals surface area contributed by atoms with Crippen molar-refractivity contribution in [1.82, 2.24) is 4.90 Å². The molecule has 0 radical (unpaired) electrons. The highest BCUT2D eigenvalue weighted by Crippen LogP contribution is 2.40. The van der Waals surface area contributed by atoms with E-state index in [9.17, 15) is 5.11 Å². The SMILES string of the molecule is CC1CCCC(CO)(CN(C)C(C)c2cccc(Cl)c2)C1. The van der Waals surface area contributed by atoms with Gasteiger partial charge in [-0.2, -0.15) is 0 Å². The number of benzene rings is 1. The summed E-state index contributed by atoms with van der Waals surface area (Å²) in [5, 5.41) is 10.7. The average molecular weight is 310 g/mol. The molecule has 21 heavy (non-hydrogen) atoms. The molecule has 1 aromatic rings. The first-order valence-corrected chi connectivity index (χ1v) is 8.40. The second-order valence-corrected chi connectivity index (χ2v) is 7.44. The van der Waals surface area contributed by atoms with Crippen LogP contribution in [-0.2, 0) is 0 Å². The lowest BCUT2D eigenvalue weighted by molar-refractivity contribution is 0.0214. The molecule has 1 aliphatic carbocycles. The van der Waals surface area contributed by atoms with Gasteiger partial charge >= 0.3 is 0 Å². The van der Waals surface area contributed by atoms with Crippen LogP contribution in [0.1, 0.15) is 51.1 Å². The van der Waals surface area contributed by atoms with E-state index >= 15 is 0 Å². The Labute approximate surface area is 134 Å². The Balaban J connectivity index is 2.06. The molecule has 118 valence electrons. The standard InChI is InChI=1S/C18H28ClNO/c1-14-6-5-9-18(11-14,13-21)12-20(3)15(2)16-7-4-8-17(19)10-16/h4,7-8,10,14-15,21H,5-6,9,11-13H2,1-3H3. The molecular formula is C18H28ClNO. The van der Waals surface area contributed by atoms with E-state index in [1.54, 1.807) is 0 Å². The number of aliphatic hydroxyl groups is 1. The zero-order valence-corrected chi connectivity index (χ0v) is 14.2. The molecule has 1 fully saturated rings. The molecule has 0 bridgehead atoms. The van der Waals surface area contributed by atoms with Gasteiger partial charge in [0.25, 0.3) is 0 Å². The predicted molar refractivity (Wildman–Crippen MR) is 89.6 cm³/mol. The van der Waals surface area contributed by atoms with Crippen LogP contribution >= 0.6 is 11.6 Å². The van der Waals surface area contributed by atoms with E-state index in [4.69, 9.17) is 11.6 Å². The Bertz CT molecular complexity index is 464. The van der Waals surface area contributed by atoms with Gasteiger partial charge in [-0.15, -0.1) is 0 Å². The molecule has 3 atom stereocenters. The minimum absolute atomic E-state index is 0.0687. The predicted octanol–water partition coefficient (Wildman–Crippen LogP) is 4.52. The molecule has 0 spiro atoms. The highest BCUT2D eigenvalue weighted by Gasteiger charge is 2.36. The smallest absolute Gasteiger partial charge is 0.0499 e. The number of aliphatic hydroxyl groups excluding tert-OH is 1. The fourth-order valence-electron chi connectivity index (χ4n) is 3.79. The summed E-state index contributed by atoms with van der Waals surface area (Å²) in [6.45, 7) is 5.76. The molecule has 3 unspecified atom stereocenters. The van der Waals surface area contributed by atoms with Crippen molar-refractivity contribution in [3.8, 4) is 0 Å². The van der Waals surface area contributed by atoms with E-state index in [2.05, 4.69) is 31.9 Å². The van der Waals surface area contributed by atoms with Crippen molar-refractivity contribution >= 4 is 11.6 Å². The second kappa shape index (κ2) is 7.13. The number of halogens is 1. The molecule has 0 aromatic heterocycles. The summed E-state index contributed by atoms with van der Waals surface area (Å²) in [6.07, 6.45) is 4.81. The summed E-state index contributed by atoms with van der Waals surface area (Å²) in [7, 11) is 2.16. The van der Waals surface area contributed by atoms with Crippen molar-refractivity contribution in [1.29, 1.82) is 0 Å². The molecule has 1 saturated carbocycles. The fraction of sp³-hybridized carbons (Fsp3) is 0.667. The Kier molecular flexibility index (Phi) is 5.70. The molecule has 1 N–H and O–H groups in total. The van der Waals surface area contributed by atoms with Crippen LogP contribution in [0.2, 0.25) is 5.02 Å². The largest absolute Gasteiger partial charge is 0.396 e. The van der Waals surface area contributed by atoms with E-state index in [-0.39, 0.29) is 5.41 Å². The van der Waals surface area contributed by atoms with Gasteiger partial charge in [-0.25, -0.2) is 0 Å². The second-order valence-electron chi connectivity index (χ2n) is 7.01. The fourth-order valence-corrected chi connectivity index (χ4v) is 3.99. The molecule has 2 rings (SSSR count). The zero-order chi connectivity index (χ0) is 15.5. The van der Waals surface area contributed by atoms with E-state index in [0.29, 0.717) is 12.6 Å². The molecule has 0 amide bonds.